The van der Waals surface area contributed by atoms with Gasteiger partial charge < -0.3 is 14.5 Å². The first-order valence-corrected chi connectivity index (χ1v) is 8.45. The maximum absolute atomic E-state index is 12.2. The summed E-state index contributed by atoms with van der Waals surface area (Å²) in [4.78, 5) is 30.3. The first kappa shape index (κ1) is 19.0. The van der Waals surface area contributed by atoms with Crippen molar-refractivity contribution >= 4 is 17.6 Å². The van der Waals surface area contributed by atoms with Gasteiger partial charge in [-0.25, -0.2) is 9.78 Å². The highest BCUT2D eigenvalue weighted by Gasteiger charge is 2.28. The Morgan fingerprint density at radius 2 is 2.20 bits per heavy atom. The molecule has 0 N–H and O–H groups in total. The normalized spacial score (nSPS) is 17.9. The lowest BCUT2D eigenvalue weighted by molar-refractivity contribution is -0.385. The van der Waals surface area contributed by atoms with Gasteiger partial charge in [0.05, 0.1) is 4.92 Å². The number of hydrogen-bond donors (Lipinski definition) is 0. The molecule has 25 heavy (non-hydrogen) atoms. The first-order valence-electron chi connectivity index (χ1n) is 8.45. The number of pyridine rings is 1. The molecule has 138 valence electrons. The van der Waals surface area contributed by atoms with E-state index in [1.165, 1.54) is 12.3 Å². The molecule has 0 radical (unpaired) electrons. The molecule has 0 unspecified atom stereocenters. The molecule has 1 saturated heterocycles. The van der Waals surface area contributed by atoms with Crippen LogP contribution in [0.4, 0.5) is 16.3 Å². The van der Waals surface area contributed by atoms with E-state index in [1.54, 1.807) is 11.0 Å². The van der Waals surface area contributed by atoms with Crippen LogP contribution in [0.2, 0.25) is 0 Å². The van der Waals surface area contributed by atoms with Crippen LogP contribution in [0.1, 0.15) is 33.6 Å². The molecule has 1 aliphatic heterocycles. The van der Waals surface area contributed by atoms with Gasteiger partial charge in [-0.15, -0.1) is 0 Å². The van der Waals surface area contributed by atoms with Crippen LogP contribution in [0.15, 0.2) is 18.3 Å². The Balaban J connectivity index is 1.93. The van der Waals surface area contributed by atoms with Crippen molar-refractivity contribution in [3.63, 3.8) is 0 Å². The zero-order valence-electron chi connectivity index (χ0n) is 15.3. The molecule has 1 atom stereocenters. The third kappa shape index (κ3) is 5.58. The summed E-state index contributed by atoms with van der Waals surface area (Å²) in [5, 5.41) is 10.7. The summed E-state index contributed by atoms with van der Waals surface area (Å²) in [5.74, 6) is 0.989. The van der Waals surface area contributed by atoms with Crippen LogP contribution < -0.4 is 4.90 Å². The highest BCUT2D eigenvalue weighted by Crippen LogP contribution is 2.22. The van der Waals surface area contributed by atoms with E-state index in [1.807, 2.05) is 32.7 Å². The fraction of sp³-hybridized carbons (Fsp3) is 0.647. The number of piperidine rings is 1. The van der Waals surface area contributed by atoms with Crippen LogP contribution in [0.3, 0.4) is 0 Å². The lowest BCUT2D eigenvalue weighted by atomic mass is 9.98. The zero-order chi connectivity index (χ0) is 18.6. The largest absolute Gasteiger partial charge is 0.444 e. The molecule has 0 spiro atoms. The monoisotopic (exact) mass is 350 g/mol. The van der Waals surface area contributed by atoms with Gasteiger partial charge in [-0.3, -0.25) is 10.1 Å². The average molecular weight is 350 g/mol. The lowest BCUT2D eigenvalue weighted by Crippen LogP contribution is -2.45. The van der Waals surface area contributed by atoms with Crippen LogP contribution in [0.5, 0.6) is 0 Å². The number of rotatable bonds is 4. The first-order chi connectivity index (χ1) is 11.7. The van der Waals surface area contributed by atoms with Crippen LogP contribution in [0, 0.1) is 16.0 Å². The predicted molar refractivity (Wildman–Crippen MR) is 94.7 cm³/mol. The molecule has 0 saturated carbocycles. The number of nitro groups is 1. The minimum Gasteiger partial charge on any atom is -0.444 e. The maximum Gasteiger partial charge on any atom is 0.410 e. The molecule has 1 fully saturated rings. The van der Waals surface area contributed by atoms with Gasteiger partial charge in [0.15, 0.2) is 0 Å². The Labute approximate surface area is 147 Å². The number of anilines is 1. The smallest absolute Gasteiger partial charge is 0.410 e. The van der Waals surface area contributed by atoms with Gasteiger partial charge in [0.2, 0.25) is 0 Å². The fourth-order valence-corrected chi connectivity index (χ4v) is 2.90. The summed E-state index contributed by atoms with van der Waals surface area (Å²) in [5.41, 5.74) is -0.519. The Hall–Kier alpha value is -2.38. The Morgan fingerprint density at radius 3 is 2.76 bits per heavy atom. The fourth-order valence-electron chi connectivity index (χ4n) is 2.90. The van der Waals surface area contributed by atoms with Gasteiger partial charge in [-0.05, 0) is 45.6 Å². The molecule has 2 rings (SSSR count). The topological polar surface area (TPSA) is 88.8 Å². The van der Waals surface area contributed by atoms with E-state index >= 15 is 0 Å². The second-order valence-electron chi connectivity index (χ2n) is 7.45. The minimum atomic E-state index is -0.497. The van der Waals surface area contributed by atoms with Crippen molar-refractivity contribution in [3.05, 3.63) is 28.4 Å². The molecule has 0 bridgehead atoms. The number of amides is 1. The van der Waals surface area contributed by atoms with Crippen molar-refractivity contribution in [2.75, 3.05) is 31.6 Å². The summed E-state index contributed by atoms with van der Waals surface area (Å²) in [6.07, 6.45) is 2.95. The van der Waals surface area contributed by atoms with Gasteiger partial charge in [-0.1, -0.05) is 0 Å². The third-order valence-corrected chi connectivity index (χ3v) is 4.04. The highest BCUT2D eigenvalue weighted by atomic mass is 16.6. The summed E-state index contributed by atoms with van der Waals surface area (Å²) in [7, 11) is 1.90. The molecule has 1 aromatic rings. The number of aromatic nitrogens is 1. The number of hydrogen-bond acceptors (Lipinski definition) is 6. The number of likely N-dealkylation sites (tertiary alicyclic amines) is 1. The van der Waals surface area contributed by atoms with Crippen molar-refractivity contribution in [2.45, 2.75) is 39.2 Å². The average Bonchev–Trinajstić information content (AvgIpc) is 2.53. The molecular formula is C17H26N4O4. The molecule has 1 amide bonds. The van der Waals surface area contributed by atoms with E-state index in [4.69, 9.17) is 4.74 Å². The van der Waals surface area contributed by atoms with Crippen LogP contribution in [-0.2, 0) is 4.74 Å². The second-order valence-corrected chi connectivity index (χ2v) is 7.45. The lowest BCUT2D eigenvalue weighted by Gasteiger charge is -2.35. The van der Waals surface area contributed by atoms with Gasteiger partial charge in [0.1, 0.15) is 17.6 Å². The third-order valence-electron chi connectivity index (χ3n) is 4.04. The molecule has 0 aliphatic carbocycles. The van der Waals surface area contributed by atoms with E-state index in [9.17, 15) is 14.9 Å². The number of carbonyl (C=O) groups is 1. The number of nitrogens with zero attached hydrogens (tertiary/aromatic N) is 4. The van der Waals surface area contributed by atoms with E-state index in [0.717, 1.165) is 19.4 Å². The van der Waals surface area contributed by atoms with Crippen molar-refractivity contribution in [3.8, 4) is 0 Å². The predicted octanol–water partition coefficient (Wildman–Crippen LogP) is 3.07. The van der Waals surface area contributed by atoms with Crippen molar-refractivity contribution in [1.82, 2.24) is 9.88 Å². The van der Waals surface area contributed by atoms with Crippen molar-refractivity contribution in [2.24, 2.45) is 5.92 Å². The van der Waals surface area contributed by atoms with Crippen LogP contribution in [-0.4, -0.2) is 53.2 Å². The van der Waals surface area contributed by atoms with Gasteiger partial charge in [-0.2, -0.15) is 0 Å². The number of carbonyl (C=O) groups excluding carboxylic acids is 1. The molecule has 0 aromatic carbocycles. The van der Waals surface area contributed by atoms with Crippen LogP contribution in [0.25, 0.3) is 0 Å². The summed E-state index contributed by atoms with van der Waals surface area (Å²) >= 11 is 0. The molecule has 1 aromatic heterocycles. The zero-order valence-corrected chi connectivity index (χ0v) is 15.3. The Kier molecular flexibility index (Phi) is 5.81. The van der Waals surface area contributed by atoms with Crippen LogP contribution >= 0.6 is 0 Å². The summed E-state index contributed by atoms with van der Waals surface area (Å²) in [6.45, 7) is 7.67. The van der Waals surface area contributed by atoms with Gasteiger partial charge in [0.25, 0.3) is 5.69 Å². The van der Waals surface area contributed by atoms with Crippen molar-refractivity contribution in [1.29, 1.82) is 0 Å². The molecule has 1 aliphatic rings. The molecule has 8 nitrogen and oxygen atoms in total. The van der Waals surface area contributed by atoms with Gasteiger partial charge >= 0.3 is 6.09 Å². The summed E-state index contributed by atoms with van der Waals surface area (Å²) in [6, 6.07) is 3.10. The number of ether oxygens (including phenoxy) is 1. The minimum absolute atomic E-state index is 0.0223. The van der Waals surface area contributed by atoms with E-state index in [0.29, 0.717) is 24.8 Å². The molecule has 2 heterocycles. The Bertz CT molecular complexity index is 612. The molecule has 8 heteroatoms. The van der Waals surface area contributed by atoms with E-state index in [-0.39, 0.29) is 11.8 Å². The maximum atomic E-state index is 12.2. The quantitative estimate of drug-likeness (QED) is 0.612. The SMILES string of the molecule is CN(C[C@@H]1CCCN(C(=O)OC(C)(C)C)C1)c1ccc([N+](=O)[O-])cn1. The second kappa shape index (κ2) is 7.67. The van der Waals surface area contributed by atoms with Crippen molar-refractivity contribution < 1.29 is 14.5 Å². The van der Waals surface area contributed by atoms with Gasteiger partial charge in [0, 0.05) is 32.7 Å². The van der Waals surface area contributed by atoms with E-state index in [2.05, 4.69) is 4.98 Å². The Morgan fingerprint density at radius 1 is 1.48 bits per heavy atom. The highest BCUT2D eigenvalue weighted by molar-refractivity contribution is 5.68. The molecular weight excluding hydrogens is 324 g/mol. The standard InChI is InChI=1S/C17H26N4O4/c1-17(2,3)25-16(22)20-9-5-6-13(12-20)11-19(4)15-8-7-14(10-18-15)21(23)24/h7-8,10,13H,5-6,9,11-12H2,1-4H3/t13-/m0/s1. The summed E-state index contributed by atoms with van der Waals surface area (Å²) < 4.78 is 5.45. The van der Waals surface area contributed by atoms with E-state index < -0.39 is 10.5 Å².